The highest BCUT2D eigenvalue weighted by Crippen LogP contribution is 2.18. The van der Waals surface area contributed by atoms with Crippen LogP contribution in [0.25, 0.3) is 0 Å². The number of carbonyl (C=O) groups is 2. The maximum absolute atomic E-state index is 12.4. The highest BCUT2D eigenvalue weighted by Gasteiger charge is 2.17. The Morgan fingerprint density at radius 3 is 2.29 bits per heavy atom. The third kappa shape index (κ3) is 5.51. The number of nitrogens with one attached hydrogen (secondary N) is 1. The molecule has 0 aliphatic heterocycles. The minimum atomic E-state index is -0.568. The number of aryl methyl sites for hydroxylation is 1. The van der Waals surface area contributed by atoms with Crippen molar-refractivity contribution in [3.8, 4) is 0 Å². The maximum atomic E-state index is 12.4. The molecular formula is C23H22N2O3. The van der Waals surface area contributed by atoms with E-state index >= 15 is 0 Å². The Morgan fingerprint density at radius 1 is 0.964 bits per heavy atom. The molecule has 3 rings (SSSR count). The third-order valence-corrected chi connectivity index (χ3v) is 4.30. The number of ether oxygens (including phenoxy) is 1. The standard InChI is InChI=1S/C23H22N2O3/c1-17-12-13-20(15-24-17)23(27)28-16-22(26)25-21(19-10-6-3-7-11-19)14-18-8-4-2-5-9-18/h2-13,15,21H,14,16H2,1H3,(H,25,26). The van der Waals surface area contributed by atoms with E-state index in [9.17, 15) is 9.59 Å². The van der Waals surface area contributed by atoms with Gasteiger partial charge in [-0.1, -0.05) is 60.7 Å². The van der Waals surface area contributed by atoms with E-state index in [1.807, 2.05) is 67.6 Å². The number of aromatic nitrogens is 1. The Morgan fingerprint density at radius 2 is 1.64 bits per heavy atom. The van der Waals surface area contributed by atoms with Crippen LogP contribution in [0.4, 0.5) is 0 Å². The van der Waals surface area contributed by atoms with Gasteiger partial charge in [0.05, 0.1) is 11.6 Å². The van der Waals surface area contributed by atoms with E-state index in [4.69, 9.17) is 4.74 Å². The van der Waals surface area contributed by atoms with E-state index in [2.05, 4.69) is 10.3 Å². The molecule has 5 nitrogen and oxygen atoms in total. The fourth-order valence-electron chi connectivity index (χ4n) is 2.83. The number of amides is 1. The molecule has 1 unspecified atom stereocenters. The molecule has 0 saturated carbocycles. The number of pyridine rings is 1. The van der Waals surface area contributed by atoms with E-state index in [-0.39, 0.29) is 18.6 Å². The summed E-state index contributed by atoms with van der Waals surface area (Å²) in [6, 6.07) is 22.8. The molecule has 1 heterocycles. The highest BCUT2D eigenvalue weighted by molar-refractivity contribution is 5.91. The van der Waals surface area contributed by atoms with E-state index in [0.29, 0.717) is 12.0 Å². The van der Waals surface area contributed by atoms with Crippen molar-refractivity contribution >= 4 is 11.9 Å². The Bertz CT molecular complexity index is 910. The first-order valence-electron chi connectivity index (χ1n) is 9.10. The number of hydrogen-bond acceptors (Lipinski definition) is 4. The van der Waals surface area contributed by atoms with Gasteiger partial charge >= 0.3 is 5.97 Å². The van der Waals surface area contributed by atoms with Gasteiger partial charge in [-0.25, -0.2) is 4.79 Å². The van der Waals surface area contributed by atoms with Crippen LogP contribution in [0.5, 0.6) is 0 Å². The summed E-state index contributed by atoms with van der Waals surface area (Å²) in [5.74, 6) is -0.917. The van der Waals surface area contributed by atoms with Crippen molar-refractivity contribution in [3.63, 3.8) is 0 Å². The number of nitrogens with zero attached hydrogens (tertiary/aromatic N) is 1. The average Bonchev–Trinajstić information content (AvgIpc) is 2.73. The Kier molecular flexibility index (Phi) is 6.52. The molecule has 0 bridgehead atoms. The largest absolute Gasteiger partial charge is 0.452 e. The monoisotopic (exact) mass is 374 g/mol. The van der Waals surface area contributed by atoms with Gasteiger partial charge in [-0.15, -0.1) is 0 Å². The smallest absolute Gasteiger partial charge is 0.340 e. The molecule has 1 N–H and O–H groups in total. The summed E-state index contributed by atoms with van der Waals surface area (Å²) in [5, 5.41) is 2.97. The van der Waals surface area contributed by atoms with Crippen molar-refractivity contribution in [1.29, 1.82) is 0 Å². The molecule has 0 radical (unpaired) electrons. The lowest BCUT2D eigenvalue weighted by atomic mass is 9.99. The summed E-state index contributed by atoms with van der Waals surface area (Å²) in [7, 11) is 0. The molecule has 0 spiro atoms. The van der Waals surface area contributed by atoms with Gasteiger partial charge in [-0.05, 0) is 36.6 Å². The van der Waals surface area contributed by atoms with Gasteiger partial charge < -0.3 is 10.1 Å². The first-order valence-corrected chi connectivity index (χ1v) is 9.10. The molecule has 28 heavy (non-hydrogen) atoms. The van der Waals surface area contributed by atoms with E-state index in [1.165, 1.54) is 6.20 Å². The lowest BCUT2D eigenvalue weighted by Gasteiger charge is -2.19. The molecule has 0 saturated heterocycles. The molecule has 1 aromatic heterocycles. The van der Waals surface area contributed by atoms with E-state index < -0.39 is 5.97 Å². The van der Waals surface area contributed by atoms with Crippen LogP contribution in [0.3, 0.4) is 0 Å². The molecule has 0 fully saturated rings. The second-order valence-electron chi connectivity index (χ2n) is 6.48. The normalized spacial score (nSPS) is 11.5. The number of rotatable bonds is 7. The van der Waals surface area contributed by atoms with Crippen molar-refractivity contribution in [2.45, 2.75) is 19.4 Å². The SMILES string of the molecule is Cc1ccc(C(=O)OCC(=O)NC(Cc2ccccc2)c2ccccc2)cn1. The molecular weight excluding hydrogens is 352 g/mol. The second kappa shape index (κ2) is 9.46. The molecule has 142 valence electrons. The summed E-state index contributed by atoms with van der Waals surface area (Å²) >= 11 is 0. The van der Waals surface area contributed by atoms with Crippen LogP contribution < -0.4 is 5.32 Å². The topological polar surface area (TPSA) is 68.3 Å². The molecule has 2 aromatic carbocycles. The van der Waals surface area contributed by atoms with Crippen LogP contribution in [0.1, 0.15) is 33.2 Å². The first-order chi connectivity index (χ1) is 13.6. The minimum Gasteiger partial charge on any atom is -0.452 e. The Balaban J connectivity index is 1.62. The van der Waals surface area contributed by atoms with Gasteiger partial charge in [0, 0.05) is 11.9 Å². The second-order valence-corrected chi connectivity index (χ2v) is 6.48. The Labute approximate surface area is 164 Å². The van der Waals surface area contributed by atoms with Crippen LogP contribution in [0, 0.1) is 6.92 Å². The molecule has 0 aliphatic rings. The van der Waals surface area contributed by atoms with Gasteiger partial charge in [0.2, 0.25) is 0 Å². The van der Waals surface area contributed by atoms with Crippen molar-refractivity contribution in [3.05, 3.63) is 101 Å². The van der Waals surface area contributed by atoms with Crippen molar-refractivity contribution in [2.24, 2.45) is 0 Å². The van der Waals surface area contributed by atoms with Gasteiger partial charge in [-0.2, -0.15) is 0 Å². The van der Waals surface area contributed by atoms with Gasteiger partial charge in [0.1, 0.15) is 0 Å². The molecule has 3 aromatic rings. The number of benzene rings is 2. The minimum absolute atomic E-state index is 0.212. The predicted octanol–water partition coefficient (Wildman–Crippen LogP) is 3.65. The van der Waals surface area contributed by atoms with Crippen molar-refractivity contribution < 1.29 is 14.3 Å². The fraction of sp³-hybridized carbons (Fsp3) is 0.174. The predicted molar refractivity (Wildman–Crippen MR) is 107 cm³/mol. The van der Waals surface area contributed by atoms with E-state index in [0.717, 1.165) is 16.8 Å². The first kappa shape index (κ1) is 19.3. The molecule has 1 atom stereocenters. The van der Waals surface area contributed by atoms with Crippen LogP contribution in [-0.2, 0) is 16.0 Å². The summed E-state index contributed by atoms with van der Waals surface area (Å²) in [5.41, 5.74) is 3.23. The number of hydrogen-bond donors (Lipinski definition) is 1. The van der Waals surface area contributed by atoms with E-state index in [1.54, 1.807) is 12.1 Å². The Hall–Kier alpha value is -3.47. The van der Waals surface area contributed by atoms with Gasteiger partial charge in [0.15, 0.2) is 6.61 Å². The third-order valence-electron chi connectivity index (χ3n) is 4.30. The summed E-state index contributed by atoms with van der Waals surface area (Å²) < 4.78 is 5.13. The van der Waals surface area contributed by atoms with Crippen molar-refractivity contribution in [2.75, 3.05) is 6.61 Å². The number of carbonyl (C=O) groups excluding carboxylic acids is 2. The number of esters is 1. The quantitative estimate of drug-likeness (QED) is 0.641. The van der Waals surface area contributed by atoms with Gasteiger partial charge in [-0.3, -0.25) is 9.78 Å². The molecule has 1 amide bonds. The molecule has 0 aliphatic carbocycles. The average molecular weight is 374 g/mol. The summed E-state index contributed by atoms with van der Waals surface area (Å²) in [6.45, 7) is 1.49. The van der Waals surface area contributed by atoms with Crippen LogP contribution in [0.15, 0.2) is 79.0 Å². The fourth-order valence-corrected chi connectivity index (χ4v) is 2.83. The van der Waals surface area contributed by atoms with Crippen LogP contribution in [0.2, 0.25) is 0 Å². The summed E-state index contributed by atoms with van der Waals surface area (Å²) in [4.78, 5) is 28.5. The van der Waals surface area contributed by atoms with Crippen LogP contribution in [-0.4, -0.2) is 23.5 Å². The van der Waals surface area contributed by atoms with Crippen LogP contribution >= 0.6 is 0 Å². The maximum Gasteiger partial charge on any atom is 0.340 e. The molecule has 5 heteroatoms. The lowest BCUT2D eigenvalue weighted by molar-refractivity contribution is -0.125. The van der Waals surface area contributed by atoms with Crippen molar-refractivity contribution in [1.82, 2.24) is 10.3 Å². The zero-order valence-electron chi connectivity index (χ0n) is 15.7. The zero-order chi connectivity index (χ0) is 19.8. The zero-order valence-corrected chi connectivity index (χ0v) is 15.7. The van der Waals surface area contributed by atoms with Gasteiger partial charge in [0.25, 0.3) is 5.91 Å². The highest BCUT2D eigenvalue weighted by atomic mass is 16.5. The summed E-state index contributed by atoms with van der Waals surface area (Å²) in [6.07, 6.45) is 2.09. The lowest BCUT2D eigenvalue weighted by Crippen LogP contribution is -2.33.